The van der Waals surface area contributed by atoms with Gasteiger partial charge in [-0.05, 0) is 74.0 Å². The summed E-state index contributed by atoms with van der Waals surface area (Å²) in [5, 5.41) is 7.76. The average molecular weight is 490 g/mol. The summed E-state index contributed by atoms with van der Waals surface area (Å²) < 4.78 is 56.8. The van der Waals surface area contributed by atoms with Gasteiger partial charge in [-0.15, -0.1) is 0 Å². The summed E-state index contributed by atoms with van der Waals surface area (Å²) in [6.45, 7) is 3.92. The number of aryl methyl sites for hydroxylation is 1. The second-order valence-corrected chi connectivity index (χ2v) is 10.3. The smallest absolute Gasteiger partial charge is 0.261 e. The highest BCUT2D eigenvalue weighted by Crippen LogP contribution is 2.22. The quantitative estimate of drug-likeness (QED) is 0.443. The molecule has 0 atom stereocenters. The summed E-state index contributed by atoms with van der Waals surface area (Å²) in [5.41, 5.74) is 1.05. The van der Waals surface area contributed by atoms with E-state index in [4.69, 9.17) is 9.88 Å². The predicted octanol–water partition coefficient (Wildman–Crippen LogP) is 3.09. The second-order valence-electron chi connectivity index (χ2n) is 7.07. The number of nitrogens with one attached hydrogen (secondary N) is 2. The molecule has 0 aliphatic carbocycles. The molecule has 0 heterocycles. The van der Waals surface area contributed by atoms with Crippen molar-refractivity contribution in [3.05, 3.63) is 77.9 Å². The number of rotatable bonds is 8. The van der Waals surface area contributed by atoms with E-state index in [1.165, 1.54) is 42.5 Å². The molecule has 0 unspecified atom stereocenters. The fourth-order valence-electron chi connectivity index (χ4n) is 2.99. The van der Waals surface area contributed by atoms with Gasteiger partial charge in [-0.1, -0.05) is 12.1 Å². The molecule has 1 amide bonds. The van der Waals surface area contributed by atoms with Crippen LogP contribution in [0.4, 0.5) is 11.4 Å². The minimum atomic E-state index is -3.97. The van der Waals surface area contributed by atoms with Crippen molar-refractivity contribution in [2.24, 2.45) is 5.14 Å². The first kappa shape index (κ1) is 24.2. The molecule has 11 heteroatoms. The van der Waals surface area contributed by atoms with E-state index in [2.05, 4.69) is 10.0 Å². The number of hydrogen-bond donors (Lipinski definition) is 3. The first-order valence-corrected chi connectivity index (χ1v) is 12.8. The number of carbonyl (C=O) groups excluding carboxylic acids is 1. The highest BCUT2D eigenvalue weighted by atomic mass is 32.2. The van der Waals surface area contributed by atoms with E-state index < -0.39 is 26.0 Å². The maximum absolute atomic E-state index is 12.8. The maximum Gasteiger partial charge on any atom is 0.261 e. The molecule has 0 radical (unpaired) electrons. The number of carbonyl (C=O) groups is 1. The fraction of sp³-hybridized carbons (Fsp3) is 0.136. The summed E-state index contributed by atoms with van der Waals surface area (Å²) in [4.78, 5) is 12.4. The van der Waals surface area contributed by atoms with Gasteiger partial charge in [0.1, 0.15) is 5.75 Å². The lowest BCUT2D eigenvalue weighted by molar-refractivity contribution is 0.102. The Hall–Kier alpha value is -3.41. The monoisotopic (exact) mass is 489 g/mol. The van der Waals surface area contributed by atoms with Gasteiger partial charge in [0.2, 0.25) is 10.0 Å². The highest BCUT2D eigenvalue weighted by Gasteiger charge is 2.18. The van der Waals surface area contributed by atoms with Gasteiger partial charge < -0.3 is 10.1 Å². The molecule has 3 rings (SSSR count). The Morgan fingerprint density at radius 3 is 2.24 bits per heavy atom. The summed E-state index contributed by atoms with van der Waals surface area (Å²) >= 11 is 0. The van der Waals surface area contributed by atoms with Gasteiger partial charge in [-0.3, -0.25) is 9.52 Å². The molecule has 3 aromatic carbocycles. The van der Waals surface area contributed by atoms with E-state index in [1.807, 2.05) is 6.92 Å². The summed E-state index contributed by atoms with van der Waals surface area (Å²) in [6.07, 6.45) is 0. The maximum atomic E-state index is 12.8. The molecular formula is C22H23N3O6S2. The fourth-order valence-corrected chi connectivity index (χ4v) is 4.90. The highest BCUT2D eigenvalue weighted by molar-refractivity contribution is 7.92. The Labute approximate surface area is 192 Å². The van der Waals surface area contributed by atoms with Crippen LogP contribution in [0.5, 0.6) is 5.75 Å². The van der Waals surface area contributed by atoms with Crippen molar-refractivity contribution in [3.8, 4) is 5.75 Å². The number of hydrogen-bond acceptors (Lipinski definition) is 6. The molecular weight excluding hydrogens is 466 g/mol. The third kappa shape index (κ3) is 6.09. The Morgan fingerprint density at radius 2 is 1.61 bits per heavy atom. The molecule has 0 fully saturated rings. The van der Waals surface area contributed by atoms with Crippen molar-refractivity contribution in [2.75, 3.05) is 16.6 Å². The minimum absolute atomic E-state index is 0.0716. The lowest BCUT2D eigenvalue weighted by Crippen LogP contribution is -2.17. The van der Waals surface area contributed by atoms with Gasteiger partial charge in [0.15, 0.2) is 0 Å². The summed E-state index contributed by atoms with van der Waals surface area (Å²) in [7, 11) is -7.93. The molecule has 0 aliphatic rings. The van der Waals surface area contributed by atoms with Crippen LogP contribution in [0, 0.1) is 6.92 Å². The van der Waals surface area contributed by atoms with Crippen LogP contribution in [0.3, 0.4) is 0 Å². The predicted molar refractivity (Wildman–Crippen MR) is 125 cm³/mol. The lowest BCUT2D eigenvalue weighted by Gasteiger charge is -2.11. The lowest BCUT2D eigenvalue weighted by atomic mass is 10.2. The van der Waals surface area contributed by atoms with Crippen molar-refractivity contribution in [3.63, 3.8) is 0 Å². The zero-order chi connectivity index (χ0) is 24.2. The van der Waals surface area contributed by atoms with E-state index in [0.717, 1.165) is 0 Å². The van der Waals surface area contributed by atoms with E-state index in [1.54, 1.807) is 31.2 Å². The first-order valence-electron chi connectivity index (χ1n) is 9.80. The van der Waals surface area contributed by atoms with Crippen molar-refractivity contribution < 1.29 is 26.4 Å². The van der Waals surface area contributed by atoms with Crippen LogP contribution in [0.1, 0.15) is 22.8 Å². The Kier molecular flexibility index (Phi) is 7.06. The van der Waals surface area contributed by atoms with Crippen molar-refractivity contribution >= 4 is 37.3 Å². The third-order valence-corrected chi connectivity index (χ3v) is 7.01. The molecule has 33 heavy (non-hydrogen) atoms. The Morgan fingerprint density at radius 1 is 0.939 bits per heavy atom. The van der Waals surface area contributed by atoms with Crippen LogP contribution in [0.15, 0.2) is 76.5 Å². The Bertz CT molecular complexity index is 1390. The van der Waals surface area contributed by atoms with E-state index in [9.17, 15) is 21.6 Å². The number of amides is 1. The minimum Gasteiger partial charge on any atom is -0.494 e. The Balaban J connectivity index is 1.80. The van der Waals surface area contributed by atoms with Crippen LogP contribution in [0.2, 0.25) is 0 Å². The molecule has 0 saturated carbocycles. The standard InChI is InChI=1S/C22H23N3O6S2/c1-3-31-19-11-9-17(10-12-19)25-33(29,30)20-6-4-5-16(13-20)22(26)24-18-8-7-15(2)21(14-18)32(23,27)28/h4-14,25H,3H2,1-2H3,(H,24,26)(H2,23,27,28). The summed E-state index contributed by atoms with van der Waals surface area (Å²) in [5.74, 6) is -0.00171. The second kappa shape index (κ2) is 9.61. The van der Waals surface area contributed by atoms with Crippen molar-refractivity contribution in [1.29, 1.82) is 0 Å². The average Bonchev–Trinajstić information content (AvgIpc) is 2.76. The van der Waals surface area contributed by atoms with Gasteiger partial charge >= 0.3 is 0 Å². The molecule has 3 aromatic rings. The zero-order valence-electron chi connectivity index (χ0n) is 17.9. The van der Waals surface area contributed by atoms with Crippen LogP contribution in [-0.2, 0) is 20.0 Å². The number of primary sulfonamides is 1. The molecule has 0 saturated heterocycles. The van der Waals surface area contributed by atoms with E-state index in [-0.39, 0.29) is 21.0 Å². The van der Waals surface area contributed by atoms with E-state index >= 15 is 0 Å². The van der Waals surface area contributed by atoms with Gasteiger partial charge in [-0.2, -0.15) is 0 Å². The van der Waals surface area contributed by atoms with Crippen molar-refractivity contribution in [1.82, 2.24) is 0 Å². The molecule has 0 bridgehead atoms. The van der Waals surface area contributed by atoms with Crippen LogP contribution < -0.4 is 19.9 Å². The SMILES string of the molecule is CCOc1ccc(NS(=O)(=O)c2cccc(C(=O)Nc3ccc(C)c(S(N)(=O)=O)c3)c2)cc1. The molecule has 9 nitrogen and oxygen atoms in total. The van der Waals surface area contributed by atoms with Gasteiger partial charge in [-0.25, -0.2) is 22.0 Å². The van der Waals surface area contributed by atoms with Gasteiger partial charge in [0, 0.05) is 16.9 Å². The molecule has 0 spiro atoms. The molecule has 0 aromatic heterocycles. The number of sulfonamides is 2. The number of ether oxygens (including phenoxy) is 1. The van der Waals surface area contributed by atoms with Gasteiger partial charge in [0.05, 0.1) is 16.4 Å². The van der Waals surface area contributed by atoms with E-state index in [0.29, 0.717) is 23.6 Å². The summed E-state index contributed by atoms with van der Waals surface area (Å²) in [6, 6.07) is 16.2. The molecule has 174 valence electrons. The number of benzene rings is 3. The largest absolute Gasteiger partial charge is 0.494 e. The van der Waals surface area contributed by atoms with Crippen molar-refractivity contribution in [2.45, 2.75) is 23.6 Å². The first-order chi connectivity index (χ1) is 15.5. The third-order valence-electron chi connectivity index (χ3n) is 4.58. The van der Waals surface area contributed by atoms with Gasteiger partial charge in [0.25, 0.3) is 15.9 Å². The number of anilines is 2. The molecule has 4 N–H and O–H groups in total. The topological polar surface area (TPSA) is 145 Å². The number of nitrogens with two attached hydrogens (primary N) is 1. The van der Waals surface area contributed by atoms with Crippen LogP contribution in [0.25, 0.3) is 0 Å². The van der Waals surface area contributed by atoms with Crippen LogP contribution >= 0.6 is 0 Å². The zero-order valence-corrected chi connectivity index (χ0v) is 19.5. The van der Waals surface area contributed by atoms with Crippen LogP contribution in [-0.4, -0.2) is 29.3 Å². The molecule has 0 aliphatic heterocycles. The normalized spacial score (nSPS) is 11.6.